The molecule has 0 spiro atoms. The fourth-order valence-corrected chi connectivity index (χ4v) is 3.32. The van der Waals surface area contributed by atoms with Crippen molar-refractivity contribution in [1.82, 2.24) is 10.2 Å². The Hall–Kier alpha value is -2.70. The highest BCUT2D eigenvalue weighted by atomic mass is 16.6. The van der Waals surface area contributed by atoms with E-state index in [-0.39, 0.29) is 16.7 Å². The Balaban J connectivity index is 1.76. The average molecular weight is 353 g/mol. The molecular formula is C20H23N3O3. The maximum Gasteiger partial charge on any atom is 0.276 e. The van der Waals surface area contributed by atoms with Gasteiger partial charge in [-0.3, -0.25) is 15.0 Å². The number of hydrogen-bond donors (Lipinski definition) is 1. The number of benzene rings is 2. The second-order valence-corrected chi connectivity index (χ2v) is 6.18. The van der Waals surface area contributed by atoms with Crippen LogP contribution >= 0.6 is 0 Å². The van der Waals surface area contributed by atoms with Gasteiger partial charge in [0, 0.05) is 37.8 Å². The smallest absolute Gasteiger partial charge is 0.276 e. The quantitative estimate of drug-likeness (QED) is 0.638. The predicted octanol–water partition coefficient (Wildman–Crippen LogP) is 3.26. The van der Waals surface area contributed by atoms with Gasteiger partial charge in [0.25, 0.3) is 5.69 Å². The van der Waals surface area contributed by atoms with E-state index in [1.54, 1.807) is 19.2 Å². The van der Waals surface area contributed by atoms with Crippen molar-refractivity contribution in [3.8, 4) is 5.75 Å². The summed E-state index contributed by atoms with van der Waals surface area (Å²) in [6, 6.07) is 15.1. The van der Waals surface area contributed by atoms with Gasteiger partial charge < -0.3 is 10.1 Å². The molecule has 6 nitrogen and oxygen atoms in total. The molecule has 6 heteroatoms. The zero-order valence-electron chi connectivity index (χ0n) is 14.8. The highest BCUT2D eigenvalue weighted by Gasteiger charge is 2.25. The van der Waals surface area contributed by atoms with Crippen LogP contribution in [0.3, 0.4) is 0 Å². The first-order valence-electron chi connectivity index (χ1n) is 8.68. The predicted molar refractivity (Wildman–Crippen MR) is 102 cm³/mol. The summed E-state index contributed by atoms with van der Waals surface area (Å²) in [7, 11) is 1.69. The SMILES string of the molecule is COc1ccccc1C1CNCCN1C/C=C/c1ccccc1[N+](=O)[O-]. The van der Waals surface area contributed by atoms with E-state index in [1.807, 2.05) is 36.4 Å². The number of nitro benzene ring substituents is 1. The van der Waals surface area contributed by atoms with Crippen LogP contribution in [0.15, 0.2) is 54.6 Å². The van der Waals surface area contributed by atoms with E-state index in [0.29, 0.717) is 5.56 Å². The second kappa shape index (κ2) is 8.60. The van der Waals surface area contributed by atoms with Crippen molar-refractivity contribution >= 4 is 11.8 Å². The number of methoxy groups -OCH3 is 1. The van der Waals surface area contributed by atoms with E-state index in [9.17, 15) is 10.1 Å². The Morgan fingerprint density at radius 2 is 2.04 bits per heavy atom. The molecule has 26 heavy (non-hydrogen) atoms. The lowest BCUT2D eigenvalue weighted by Crippen LogP contribution is -2.46. The first kappa shape index (κ1) is 18.1. The van der Waals surface area contributed by atoms with Gasteiger partial charge in [-0.25, -0.2) is 0 Å². The summed E-state index contributed by atoms with van der Waals surface area (Å²) in [5.74, 6) is 0.883. The number of nitrogens with one attached hydrogen (secondary N) is 1. The third kappa shape index (κ3) is 4.09. The van der Waals surface area contributed by atoms with E-state index in [4.69, 9.17) is 4.74 Å². The number of nitro groups is 1. The summed E-state index contributed by atoms with van der Waals surface area (Å²) < 4.78 is 5.52. The molecule has 1 heterocycles. The molecule has 0 radical (unpaired) electrons. The lowest BCUT2D eigenvalue weighted by molar-refractivity contribution is -0.385. The van der Waals surface area contributed by atoms with E-state index in [2.05, 4.69) is 16.3 Å². The van der Waals surface area contributed by atoms with Gasteiger partial charge in [0.1, 0.15) is 5.75 Å². The van der Waals surface area contributed by atoms with Gasteiger partial charge in [-0.2, -0.15) is 0 Å². The molecule has 0 bridgehead atoms. The number of nitrogens with zero attached hydrogens (tertiary/aromatic N) is 2. The minimum absolute atomic E-state index is 0.130. The summed E-state index contributed by atoms with van der Waals surface area (Å²) in [5, 5.41) is 14.6. The van der Waals surface area contributed by atoms with Crippen molar-refractivity contribution in [1.29, 1.82) is 0 Å². The van der Waals surface area contributed by atoms with E-state index >= 15 is 0 Å². The Bertz CT molecular complexity index is 791. The fraction of sp³-hybridized carbons (Fsp3) is 0.300. The van der Waals surface area contributed by atoms with Crippen LogP contribution in [0, 0.1) is 10.1 Å². The number of piperazine rings is 1. The largest absolute Gasteiger partial charge is 0.496 e. The third-order valence-electron chi connectivity index (χ3n) is 4.62. The first-order valence-corrected chi connectivity index (χ1v) is 8.68. The maximum absolute atomic E-state index is 11.1. The molecular weight excluding hydrogens is 330 g/mol. The molecule has 2 aromatic rings. The van der Waals surface area contributed by atoms with Crippen LogP contribution in [-0.2, 0) is 0 Å². The maximum atomic E-state index is 11.1. The van der Waals surface area contributed by atoms with Crippen molar-refractivity contribution in [3.63, 3.8) is 0 Å². The number of rotatable bonds is 6. The van der Waals surface area contributed by atoms with Crippen molar-refractivity contribution < 1.29 is 9.66 Å². The molecule has 1 saturated heterocycles. The third-order valence-corrected chi connectivity index (χ3v) is 4.62. The topological polar surface area (TPSA) is 67.6 Å². The molecule has 2 aromatic carbocycles. The van der Waals surface area contributed by atoms with Gasteiger partial charge in [0.2, 0.25) is 0 Å². The number of ether oxygens (including phenoxy) is 1. The van der Waals surface area contributed by atoms with Gasteiger partial charge in [-0.1, -0.05) is 42.5 Å². The number of para-hydroxylation sites is 2. The van der Waals surface area contributed by atoms with Crippen LogP contribution in [0.2, 0.25) is 0 Å². The summed E-state index contributed by atoms with van der Waals surface area (Å²) in [4.78, 5) is 13.1. The lowest BCUT2D eigenvalue weighted by atomic mass is 10.0. The average Bonchev–Trinajstić information content (AvgIpc) is 2.68. The van der Waals surface area contributed by atoms with Crippen molar-refractivity contribution in [2.24, 2.45) is 0 Å². The van der Waals surface area contributed by atoms with E-state index < -0.39 is 0 Å². The first-order chi connectivity index (χ1) is 12.7. The van der Waals surface area contributed by atoms with Crippen LogP contribution in [0.25, 0.3) is 6.08 Å². The molecule has 1 aliphatic heterocycles. The zero-order chi connectivity index (χ0) is 18.4. The fourth-order valence-electron chi connectivity index (χ4n) is 3.32. The summed E-state index contributed by atoms with van der Waals surface area (Å²) in [6.07, 6.45) is 3.83. The van der Waals surface area contributed by atoms with Crippen LogP contribution in [0.1, 0.15) is 17.2 Å². The van der Waals surface area contributed by atoms with Crippen LogP contribution < -0.4 is 10.1 Å². The van der Waals surface area contributed by atoms with Gasteiger partial charge >= 0.3 is 0 Å². The normalized spacial score (nSPS) is 18.1. The van der Waals surface area contributed by atoms with Crippen molar-refractivity contribution in [3.05, 3.63) is 75.8 Å². The van der Waals surface area contributed by atoms with Crippen LogP contribution in [0.4, 0.5) is 5.69 Å². The second-order valence-electron chi connectivity index (χ2n) is 6.18. The molecule has 0 aromatic heterocycles. The number of hydrogen-bond acceptors (Lipinski definition) is 5. The Morgan fingerprint density at radius 3 is 2.85 bits per heavy atom. The van der Waals surface area contributed by atoms with Crippen molar-refractivity contribution in [2.45, 2.75) is 6.04 Å². The van der Waals surface area contributed by atoms with Crippen LogP contribution in [-0.4, -0.2) is 43.1 Å². The molecule has 1 fully saturated rings. The molecule has 1 N–H and O–H groups in total. The Labute approximate surface area is 153 Å². The monoisotopic (exact) mass is 353 g/mol. The van der Waals surface area contributed by atoms with Gasteiger partial charge in [-0.05, 0) is 12.1 Å². The highest BCUT2D eigenvalue weighted by molar-refractivity contribution is 5.60. The molecule has 0 saturated carbocycles. The summed E-state index contributed by atoms with van der Waals surface area (Å²) in [6.45, 7) is 3.39. The van der Waals surface area contributed by atoms with Crippen LogP contribution in [0.5, 0.6) is 5.75 Å². The molecule has 0 aliphatic carbocycles. The van der Waals surface area contributed by atoms with Gasteiger partial charge in [0.05, 0.1) is 23.6 Å². The standard InChI is InChI=1S/C20H23N3O3/c1-26-20-11-5-3-9-17(20)19-15-21-12-14-22(19)13-6-8-16-7-2-4-10-18(16)23(24)25/h2-11,19,21H,12-15H2,1H3/b8-6+. The lowest BCUT2D eigenvalue weighted by Gasteiger charge is -2.36. The minimum Gasteiger partial charge on any atom is -0.496 e. The molecule has 1 aliphatic rings. The molecule has 1 atom stereocenters. The Morgan fingerprint density at radius 1 is 1.27 bits per heavy atom. The summed E-state index contributed by atoms with van der Waals surface area (Å²) >= 11 is 0. The zero-order valence-corrected chi connectivity index (χ0v) is 14.8. The molecule has 3 rings (SSSR count). The van der Waals surface area contributed by atoms with E-state index in [1.165, 1.54) is 6.07 Å². The highest BCUT2D eigenvalue weighted by Crippen LogP contribution is 2.30. The van der Waals surface area contributed by atoms with Gasteiger partial charge in [0.15, 0.2) is 0 Å². The van der Waals surface area contributed by atoms with Crippen molar-refractivity contribution in [2.75, 3.05) is 33.3 Å². The summed E-state index contributed by atoms with van der Waals surface area (Å²) in [5.41, 5.74) is 1.91. The molecule has 1 unspecified atom stereocenters. The molecule has 0 amide bonds. The Kier molecular flexibility index (Phi) is 5.99. The van der Waals surface area contributed by atoms with Gasteiger partial charge in [-0.15, -0.1) is 0 Å². The van der Waals surface area contributed by atoms with E-state index in [0.717, 1.165) is 37.5 Å². The minimum atomic E-state index is -0.345. The molecule has 136 valence electrons.